The summed E-state index contributed by atoms with van der Waals surface area (Å²) in [7, 11) is 0. The molecule has 5 rings (SSSR count). The van der Waals surface area contributed by atoms with Crippen molar-refractivity contribution >= 4 is 5.91 Å². The average Bonchev–Trinajstić information content (AvgIpc) is 3.41. The highest BCUT2D eigenvalue weighted by Gasteiger charge is 2.27. The van der Waals surface area contributed by atoms with E-state index >= 15 is 0 Å². The minimum absolute atomic E-state index is 0.0174. The van der Waals surface area contributed by atoms with Crippen molar-refractivity contribution in [3.05, 3.63) is 101 Å². The van der Waals surface area contributed by atoms with E-state index in [-0.39, 0.29) is 5.91 Å². The van der Waals surface area contributed by atoms with Gasteiger partial charge in [0.1, 0.15) is 5.56 Å². The van der Waals surface area contributed by atoms with Gasteiger partial charge >= 0.3 is 0 Å². The molecule has 0 N–H and O–H groups in total. The molecular weight excluding hydrogens is 372 g/mol. The fraction of sp³-hybridized carbons (Fsp3) is 0.200. The highest BCUT2D eigenvalue weighted by atomic mass is 16.2. The molecule has 4 aromatic rings. The van der Waals surface area contributed by atoms with E-state index in [1.54, 1.807) is 6.20 Å². The zero-order valence-electron chi connectivity index (χ0n) is 17.2. The standard InChI is InChI=1S/C25H24N4O/c1-18-13-19(2)15-22(14-18)29-24(27-10-5-6-11-27)23(16-26-29)25(30)28-12-9-20-7-3-4-8-21(20)17-28/h3-8,10-11,13-16H,9,12,17H2,1-2H3. The van der Waals surface area contributed by atoms with Crippen LogP contribution in [0.4, 0.5) is 0 Å². The lowest BCUT2D eigenvalue weighted by atomic mass is 9.99. The SMILES string of the molecule is Cc1cc(C)cc(-n2ncc(C(=O)N3CCc4ccccc4C3)c2-n2cccc2)c1. The van der Waals surface area contributed by atoms with Crippen LogP contribution in [0.25, 0.3) is 11.5 Å². The van der Waals surface area contributed by atoms with E-state index < -0.39 is 0 Å². The summed E-state index contributed by atoms with van der Waals surface area (Å²) in [5, 5.41) is 4.63. The molecule has 0 radical (unpaired) electrons. The minimum atomic E-state index is 0.0174. The van der Waals surface area contributed by atoms with Gasteiger partial charge in [0.2, 0.25) is 0 Å². The maximum Gasteiger partial charge on any atom is 0.259 e. The van der Waals surface area contributed by atoms with Crippen LogP contribution >= 0.6 is 0 Å². The van der Waals surface area contributed by atoms with Crippen molar-refractivity contribution in [2.45, 2.75) is 26.8 Å². The van der Waals surface area contributed by atoms with E-state index in [1.807, 2.05) is 44.7 Å². The number of aryl methyl sites for hydroxylation is 2. The first-order chi connectivity index (χ1) is 14.6. The maximum absolute atomic E-state index is 13.6. The topological polar surface area (TPSA) is 43.1 Å². The molecule has 0 saturated carbocycles. The molecule has 0 spiro atoms. The van der Waals surface area contributed by atoms with Crippen LogP contribution in [-0.2, 0) is 13.0 Å². The molecule has 5 heteroatoms. The summed E-state index contributed by atoms with van der Waals surface area (Å²) in [5.41, 5.74) is 6.46. The molecule has 1 aliphatic heterocycles. The lowest BCUT2D eigenvalue weighted by Gasteiger charge is -2.29. The monoisotopic (exact) mass is 396 g/mol. The van der Waals surface area contributed by atoms with Gasteiger partial charge in [-0.25, -0.2) is 4.68 Å². The summed E-state index contributed by atoms with van der Waals surface area (Å²) in [5.74, 6) is 0.790. The molecular formula is C25H24N4O. The Hall–Kier alpha value is -3.60. The van der Waals surface area contributed by atoms with Crippen molar-refractivity contribution < 1.29 is 4.79 Å². The fourth-order valence-electron chi connectivity index (χ4n) is 4.32. The van der Waals surface area contributed by atoms with Gasteiger partial charge in [-0.2, -0.15) is 5.10 Å². The quantitative estimate of drug-likeness (QED) is 0.512. The molecule has 0 fully saturated rings. The first-order valence-corrected chi connectivity index (χ1v) is 10.3. The Morgan fingerprint density at radius 2 is 1.63 bits per heavy atom. The molecule has 3 heterocycles. The van der Waals surface area contributed by atoms with Gasteiger partial charge in [-0.15, -0.1) is 0 Å². The van der Waals surface area contributed by atoms with Crippen LogP contribution in [0.15, 0.2) is 73.2 Å². The molecule has 0 atom stereocenters. The summed E-state index contributed by atoms with van der Waals surface area (Å²) in [4.78, 5) is 15.5. The Balaban J connectivity index is 1.58. The number of amides is 1. The number of carbonyl (C=O) groups is 1. The molecule has 30 heavy (non-hydrogen) atoms. The predicted molar refractivity (Wildman–Crippen MR) is 117 cm³/mol. The molecule has 0 aliphatic carbocycles. The van der Waals surface area contributed by atoms with Crippen LogP contribution in [0.5, 0.6) is 0 Å². The third kappa shape index (κ3) is 3.22. The van der Waals surface area contributed by atoms with Gasteiger partial charge in [-0.05, 0) is 66.8 Å². The number of hydrogen-bond donors (Lipinski definition) is 0. The molecule has 0 unspecified atom stereocenters. The van der Waals surface area contributed by atoms with Crippen molar-refractivity contribution in [1.29, 1.82) is 0 Å². The van der Waals surface area contributed by atoms with Gasteiger partial charge in [0.05, 0.1) is 11.9 Å². The van der Waals surface area contributed by atoms with E-state index in [1.165, 1.54) is 22.3 Å². The zero-order valence-corrected chi connectivity index (χ0v) is 17.2. The van der Waals surface area contributed by atoms with Crippen molar-refractivity contribution in [2.24, 2.45) is 0 Å². The van der Waals surface area contributed by atoms with E-state index in [0.29, 0.717) is 12.1 Å². The summed E-state index contributed by atoms with van der Waals surface area (Å²) in [6.45, 7) is 5.50. The molecule has 1 amide bonds. The summed E-state index contributed by atoms with van der Waals surface area (Å²) in [6.07, 6.45) is 6.50. The molecule has 0 bridgehead atoms. The van der Waals surface area contributed by atoms with Crippen LogP contribution in [0.1, 0.15) is 32.6 Å². The molecule has 1 aliphatic rings. The molecule has 5 nitrogen and oxygen atoms in total. The Morgan fingerprint density at radius 3 is 2.37 bits per heavy atom. The number of hydrogen-bond acceptors (Lipinski definition) is 2. The third-order valence-electron chi connectivity index (χ3n) is 5.69. The molecule has 0 saturated heterocycles. The third-order valence-corrected chi connectivity index (χ3v) is 5.69. The highest BCUT2D eigenvalue weighted by Crippen LogP contribution is 2.25. The minimum Gasteiger partial charge on any atom is -0.334 e. The second-order valence-electron chi connectivity index (χ2n) is 7.98. The number of rotatable bonds is 3. The maximum atomic E-state index is 13.6. The van der Waals surface area contributed by atoms with Crippen molar-refractivity contribution in [1.82, 2.24) is 19.2 Å². The lowest BCUT2D eigenvalue weighted by molar-refractivity contribution is 0.0734. The zero-order chi connectivity index (χ0) is 20.7. The van der Waals surface area contributed by atoms with Gasteiger partial charge in [-0.3, -0.25) is 4.79 Å². The van der Waals surface area contributed by atoms with Crippen LogP contribution < -0.4 is 0 Å². The number of fused-ring (bicyclic) bond motifs is 1. The predicted octanol–water partition coefficient (Wildman–Crippen LogP) is 4.48. The second kappa shape index (κ2) is 7.34. The fourth-order valence-corrected chi connectivity index (χ4v) is 4.32. The first-order valence-electron chi connectivity index (χ1n) is 10.3. The van der Waals surface area contributed by atoms with Crippen molar-refractivity contribution in [3.8, 4) is 11.5 Å². The Morgan fingerprint density at radius 1 is 0.933 bits per heavy atom. The second-order valence-corrected chi connectivity index (χ2v) is 7.98. The van der Waals surface area contributed by atoms with Crippen molar-refractivity contribution in [2.75, 3.05) is 6.54 Å². The summed E-state index contributed by atoms with van der Waals surface area (Å²) < 4.78 is 3.83. The van der Waals surface area contributed by atoms with E-state index in [9.17, 15) is 4.79 Å². The van der Waals surface area contributed by atoms with Gasteiger partial charge < -0.3 is 9.47 Å². The Bertz CT molecular complexity index is 1200. The number of benzene rings is 2. The van der Waals surface area contributed by atoms with Gasteiger partial charge in [0.15, 0.2) is 5.82 Å². The summed E-state index contributed by atoms with van der Waals surface area (Å²) >= 11 is 0. The molecule has 2 aromatic heterocycles. The van der Waals surface area contributed by atoms with Crippen LogP contribution in [0.3, 0.4) is 0 Å². The van der Waals surface area contributed by atoms with Gasteiger partial charge in [0.25, 0.3) is 5.91 Å². The van der Waals surface area contributed by atoms with Gasteiger partial charge in [-0.1, -0.05) is 30.3 Å². The normalized spacial score (nSPS) is 13.3. The largest absolute Gasteiger partial charge is 0.334 e. The number of aromatic nitrogens is 3. The number of nitrogens with zero attached hydrogens (tertiary/aromatic N) is 4. The number of carbonyl (C=O) groups excluding carboxylic acids is 1. The van der Waals surface area contributed by atoms with Crippen LogP contribution in [-0.4, -0.2) is 31.7 Å². The molecule has 150 valence electrons. The van der Waals surface area contributed by atoms with E-state index in [4.69, 9.17) is 0 Å². The Labute approximate surface area is 176 Å². The van der Waals surface area contributed by atoms with Crippen LogP contribution in [0.2, 0.25) is 0 Å². The Kier molecular flexibility index (Phi) is 4.51. The first kappa shape index (κ1) is 18.4. The smallest absolute Gasteiger partial charge is 0.259 e. The van der Waals surface area contributed by atoms with Crippen LogP contribution in [0, 0.1) is 13.8 Å². The highest BCUT2D eigenvalue weighted by molar-refractivity contribution is 5.97. The van der Waals surface area contributed by atoms with Crippen molar-refractivity contribution in [3.63, 3.8) is 0 Å². The lowest BCUT2D eigenvalue weighted by Crippen LogP contribution is -2.36. The summed E-state index contributed by atoms with van der Waals surface area (Å²) in [6, 6.07) is 18.6. The average molecular weight is 396 g/mol. The van der Waals surface area contributed by atoms with E-state index in [0.717, 1.165) is 24.5 Å². The van der Waals surface area contributed by atoms with E-state index in [2.05, 4.69) is 55.3 Å². The van der Waals surface area contributed by atoms with Gasteiger partial charge in [0, 0.05) is 25.5 Å². The molecule has 2 aromatic carbocycles.